The Labute approximate surface area is 780 Å². The van der Waals surface area contributed by atoms with Crippen LogP contribution >= 0.6 is 43.2 Å². The zero-order valence-electron chi connectivity index (χ0n) is 75.9. The van der Waals surface area contributed by atoms with E-state index in [0.29, 0.717) is 21.6 Å². The number of hydrogen-bond acceptors (Lipinski definition) is 30. The third-order valence-corrected chi connectivity index (χ3v) is 26.2. The highest BCUT2D eigenvalue weighted by molar-refractivity contribution is 8.77. The molecule has 132 heavy (non-hydrogen) atoms. The summed E-state index contributed by atoms with van der Waals surface area (Å²) in [5.41, 5.74) is 45.7. The van der Waals surface area contributed by atoms with Gasteiger partial charge in [-0.3, -0.25) is 107 Å². The first kappa shape index (κ1) is 115. The zero-order chi connectivity index (χ0) is 99.7. The Bertz CT molecular complexity index is 3800. The molecule has 3 fully saturated rings. The molecule has 54 heteroatoms. The predicted octanol–water partition coefficient (Wildman–Crippen LogP) is -10.4. The molecule has 3 heterocycles. The van der Waals surface area contributed by atoms with Gasteiger partial charge in [0, 0.05) is 49.2 Å². The Morgan fingerprint density at radius 3 is 1.01 bits per heavy atom. The summed E-state index contributed by atoms with van der Waals surface area (Å²) in [6, 6.07) is -26.2. The Balaban J connectivity index is 2.44. The van der Waals surface area contributed by atoms with Crippen molar-refractivity contribution < 1.29 is 106 Å². The van der Waals surface area contributed by atoms with Crippen molar-refractivity contribution in [2.75, 3.05) is 62.3 Å². The van der Waals surface area contributed by atoms with Crippen LogP contribution in [0.4, 0.5) is 0 Å². The number of hydrogen-bond donors (Lipinski definition) is 28. The number of guanidine groups is 2. The number of aliphatic hydroxyl groups excluding tert-OH is 2. The average Bonchev–Trinajstić information content (AvgIpc) is 1.63. The fourth-order valence-electron chi connectivity index (χ4n) is 13.8. The van der Waals surface area contributed by atoms with Crippen LogP contribution in [-0.2, 0) is 95.9 Å². The second-order valence-electron chi connectivity index (χ2n) is 33.4. The fourth-order valence-corrected chi connectivity index (χ4v) is 18.3. The molecule has 0 spiro atoms. The molecule has 20 amide bonds. The predicted molar refractivity (Wildman–Crippen MR) is 490 cm³/mol. The van der Waals surface area contributed by atoms with Gasteiger partial charge in [0.15, 0.2) is 11.9 Å². The standard InChI is InChI=1S/C78H136N28O22S4/c1-11-37(7)57-71(123)103-59(39(9)107)73(125)97-47(27-53(81)109)65(117)99-49(75(127)105-23-15-19-51(105)69(121)93-43(17-13-21-89-77(85)86)63(115)91-29-55(83)111)33-131-132-34-50(76(128)106-24-16-20-52(106)70(122)94-44(18-14-22-90-78(87)88)64(116)92-30-56(84)112)100-66(118)48(28-54(82)110)98-74(126)60(40(10)108)104-72(124)58(38(8)12-2)102-68(120)46(26-36(5)6)96-62(114)42(80)32-130-129-31-41(79)61(113)95-45(25-35(3)4)67(119)101-57/h35-52,57-60,107-108H,11-34,79-80H2,1-10H3,(H2,81,109)(H2,82,110)(H2,83,111)(H2,84,112)(H,91,115)(H,92,116)(H,93,121)(H,94,122)(H,95,113)(H,96,114)(H,97,125)(H,98,126)(H,99,117)(H,100,118)(H,101,119)(H,102,120)(H,103,123)(H,104,124)(H4,85,86,89)(H4,87,88,90)/t37-,38-,39+,40+,41-,42?,43-,44-,45?,46-,47-,48-,49-,50?,51-,52-,57-,58-,59-,60?/m0/s1. The van der Waals surface area contributed by atoms with Crippen molar-refractivity contribution in [3.63, 3.8) is 0 Å². The zero-order valence-corrected chi connectivity index (χ0v) is 79.1. The summed E-state index contributed by atoms with van der Waals surface area (Å²) in [6.07, 6.45) is -5.60. The van der Waals surface area contributed by atoms with Gasteiger partial charge in [-0.15, -0.1) is 0 Å². The van der Waals surface area contributed by atoms with Gasteiger partial charge in [-0.2, -0.15) is 0 Å². The van der Waals surface area contributed by atoms with Crippen molar-refractivity contribution >= 4 is 173 Å². The van der Waals surface area contributed by atoms with Crippen LogP contribution in [0.3, 0.4) is 0 Å². The normalized spacial score (nSPS) is 25.4. The molecule has 3 saturated heterocycles. The summed E-state index contributed by atoms with van der Waals surface area (Å²) in [5, 5.41) is 77.5. The van der Waals surface area contributed by atoms with Crippen LogP contribution in [0.2, 0.25) is 0 Å². The Morgan fingerprint density at radius 2 is 0.712 bits per heavy atom. The molecule has 0 aromatic heterocycles. The minimum Gasteiger partial charge on any atom is -0.391 e. The van der Waals surface area contributed by atoms with Crippen molar-refractivity contribution in [3.05, 3.63) is 0 Å². The van der Waals surface area contributed by atoms with Gasteiger partial charge >= 0.3 is 0 Å². The van der Waals surface area contributed by atoms with E-state index >= 15 is 19.2 Å². The molecule has 0 aromatic carbocycles. The number of primary amides is 4. The average molecular weight is 1950 g/mol. The van der Waals surface area contributed by atoms with Gasteiger partial charge in [0.25, 0.3) is 0 Å². The SMILES string of the molecule is CC[C@H](C)[C@@H]1NC(=O)C(CC(C)C)NC(=O)[C@@H](N)CSSCC(N)C(=O)N[C@@H](CC(C)C)C(=O)N[C@@H]([C@@H](C)CC)C(=O)NC([C@@H](C)O)C(=O)N[C@@H](CC(N)=O)C(=O)NC(C(=O)N2CCC[C@H]2C(=O)N[C@@H](CCCNC(=N)N)C(=O)NCC(N)=O)CSSC[C@@H](C(=O)N2CCC[C@H]2C(=O)N[C@@H](CCCNC(=N)N)C(=O)NCC(N)=O)NC(=O)[C@H](CC(N)=O)NC(=O)[C@H]([C@@H](C)O)NC1=O. The molecule has 0 aromatic rings. The summed E-state index contributed by atoms with van der Waals surface area (Å²) in [5.74, 6) is -25.6. The van der Waals surface area contributed by atoms with Crippen LogP contribution in [0.1, 0.15) is 159 Å². The topological polar surface area (TPSA) is 837 Å². The van der Waals surface area contributed by atoms with Gasteiger partial charge in [-0.1, -0.05) is 111 Å². The quantitative estimate of drug-likeness (QED) is 0.0123. The van der Waals surface area contributed by atoms with Gasteiger partial charge in [-0.05, 0) is 102 Å². The van der Waals surface area contributed by atoms with Crippen molar-refractivity contribution in [1.29, 1.82) is 10.8 Å². The van der Waals surface area contributed by atoms with Crippen LogP contribution in [0.15, 0.2) is 0 Å². The Hall–Kier alpha value is -10.8. The van der Waals surface area contributed by atoms with E-state index in [1.54, 1.807) is 55.4 Å². The van der Waals surface area contributed by atoms with Crippen LogP contribution < -0.4 is 131 Å². The maximum absolute atomic E-state index is 15.5. The highest BCUT2D eigenvalue weighted by Crippen LogP contribution is 2.29. The number of amides is 20. The molecule has 0 saturated carbocycles. The van der Waals surface area contributed by atoms with Gasteiger partial charge in [0.2, 0.25) is 118 Å². The summed E-state index contributed by atoms with van der Waals surface area (Å²) in [4.78, 5) is 284. The molecule has 0 radical (unpaired) electrons. The van der Waals surface area contributed by atoms with Crippen molar-refractivity contribution in [3.8, 4) is 0 Å². The molecule has 36 N–H and O–H groups in total. The third-order valence-electron chi connectivity index (χ3n) is 21.3. The Kier molecular flexibility index (Phi) is 50.9. The monoisotopic (exact) mass is 1940 g/mol. The number of carbonyl (C=O) groups is 20. The van der Waals surface area contributed by atoms with Crippen molar-refractivity contribution in [2.24, 2.45) is 69.5 Å². The van der Waals surface area contributed by atoms with Gasteiger partial charge < -0.3 is 151 Å². The molecular formula is C78H136N28O22S4. The van der Waals surface area contributed by atoms with E-state index in [0.717, 1.165) is 45.2 Å². The second-order valence-corrected chi connectivity index (χ2v) is 38.5. The fraction of sp³-hybridized carbons (Fsp3) is 0.718. The summed E-state index contributed by atoms with van der Waals surface area (Å²) in [6.45, 7) is 13.8. The lowest BCUT2D eigenvalue weighted by Gasteiger charge is -2.32. The maximum Gasteiger partial charge on any atom is 0.246 e. The molecule has 4 unspecified atom stereocenters. The Morgan fingerprint density at radius 1 is 0.409 bits per heavy atom. The van der Waals surface area contributed by atoms with Crippen molar-refractivity contribution in [2.45, 2.75) is 268 Å². The molecular weight excluding hydrogens is 1810 g/mol. The van der Waals surface area contributed by atoms with E-state index in [1.165, 1.54) is 0 Å². The van der Waals surface area contributed by atoms with Crippen molar-refractivity contribution in [1.82, 2.24) is 94.9 Å². The second kappa shape index (κ2) is 58.3. The van der Waals surface area contributed by atoms with Gasteiger partial charge in [0.1, 0.15) is 84.6 Å². The number of nitrogens with one attached hydrogen (secondary N) is 18. The maximum atomic E-state index is 15.5. The highest BCUT2D eigenvalue weighted by atomic mass is 33.1. The van der Waals surface area contributed by atoms with Gasteiger partial charge in [0.05, 0.1) is 50.2 Å². The van der Waals surface area contributed by atoms with Gasteiger partial charge in [-0.25, -0.2) is 0 Å². The number of likely N-dealkylation sites (tertiary alicyclic amines) is 2. The molecule has 744 valence electrons. The van der Waals surface area contributed by atoms with E-state index in [2.05, 4.69) is 85.1 Å². The molecule has 3 rings (SSSR count). The summed E-state index contributed by atoms with van der Waals surface area (Å²) in [7, 11) is 3.41. The van der Waals surface area contributed by atoms with E-state index in [4.69, 9.17) is 56.7 Å². The minimum atomic E-state index is -2.11. The summed E-state index contributed by atoms with van der Waals surface area (Å²) < 4.78 is 0. The first-order valence-electron chi connectivity index (χ1n) is 43.4. The largest absolute Gasteiger partial charge is 0.391 e. The highest BCUT2D eigenvalue weighted by Gasteiger charge is 2.45. The minimum absolute atomic E-state index is 0.00918. The number of rotatable bonds is 34. The molecule has 3 aliphatic heterocycles. The van der Waals surface area contributed by atoms with Crippen LogP contribution in [0.25, 0.3) is 0 Å². The molecule has 20 atom stereocenters. The first-order valence-corrected chi connectivity index (χ1v) is 48.4. The molecule has 50 nitrogen and oxygen atoms in total. The first-order chi connectivity index (χ1) is 61.9. The number of carbonyl (C=O) groups excluding carboxylic acids is 20. The number of aliphatic hydroxyl groups is 2. The molecule has 0 aliphatic carbocycles. The van der Waals surface area contributed by atoms with Crippen LogP contribution in [-0.4, -0.2) is 321 Å². The van der Waals surface area contributed by atoms with Crippen LogP contribution in [0, 0.1) is 34.5 Å². The number of nitrogens with zero attached hydrogens (tertiary/aromatic N) is 2. The van der Waals surface area contributed by atoms with E-state index in [-0.39, 0.29) is 127 Å². The lowest BCUT2D eigenvalue weighted by atomic mass is 9.96. The molecule has 0 bridgehead atoms. The lowest BCUT2D eigenvalue weighted by Crippen LogP contribution is -2.63. The summed E-state index contributed by atoms with van der Waals surface area (Å²) >= 11 is 0. The van der Waals surface area contributed by atoms with E-state index in [1.807, 2.05) is 0 Å². The van der Waals surface area contributed by atoms with E-state index < -0.39 is 288 Å². The third kappa shape index (κ3) is 40.3. The van der Waals surface area contributed by atoms with E-state index in [9.17, 15) is 86.9 Å². The smallest absolute Gasteiger partial charge is 0.246 e. The lowest BCUT2D eigenvalue weighted by molar-refractivity contribution is -0.142. The number of nitrogens with two attached hydrogens (primary N) is 8. The molecule has 3 aliphatic rings. The van der Waals surface area contributed by atoms with Crippen LogP contribution in [0.5, 0.6) is 0 Å².